The molecule has 116 valence electrons. The van der Waals surface area contributed by atoms with Gasteiger partial charge in [-0.25, -0.2) is 0 Å². The Balaban J connectivity index is 2.31. The Labute approximate surface area is 131 Å². The predicted molar refractivity (Wildman–Crippen MR) is 86.2 cm³/mol. The average Bonchev–Trinajstić information content (AvgIpc) is 2.52. The molecule has 0 aromatic heterocycles. The Hall–Kier alpha value is -1.19. The molecule has 0 unspecified atom stereocenters. The third kappa shape index (κ3) is 3.92. The second-order valence-electron chi connectivity index (χ2n) is 5.45. The van der Waals surface area contributed by atoms with Gasteiger partial charge in [0.05, 0.1) is 25.8 Å². The van der Waals surface area contributed by atoms with Crippen LogP contribution in [0.25, 0.3) is 6.08 Å². The highest BCUT2D eigenvalue weighted by Gasteiger charge is 2.18. The first-order valence-electron chi connectivity index (χ1n) is 7.42. The molecule has 1 N–H and O–H groups in total. The second kappa shape index (κ2) is 7.71. The van der Waals surface area contributed by atoms with Crippen molar-refractivity contribution in [2.24, 2.45) is 5.92 Å². The quantitative estimate of drug-likeness (QED) is 0.880. The van der Waals surface area contributed by atoms with Crippen LogP contribution in [0.1, 0.15) is 37.7 Å². The zero-order valence-corrected chi connectivity index (χ0v) is 13.4. The number of benzene rings is 1. The van der Waals surface area contributed by atoms with Crippen LogP contribution in [0.15, 0.2) is 17.7 Å². The van der Waals surface area contributed by atoms with Crippen LogP contribution in [0.4, 0.5) is 0 Å². The Morgan fingerprint density at radius 2 is 1.95 bits per heavy atom. The van der Waals surface area contributed by atoms with E-state index in [1.165, 1.54) is 19.3 Å². The van der Waals surface area contributed by atoms with Crippen LogP contribution in [0, 0.1) is 5.92 Å². The molecule has 0 heterocycles. The van der Waals surface area contributed by atoms with E-state index >= 15 is 0 Å². The van der Waals surface area contributed by atoms with E-state index < -0.39 is 0 Å². The van der Waals surface area contributed by atoms with Crippen LogP contribution in [0.2, 0.25) is 5.02 Å². The first kappa shape index (κ1) is 16.2. The third-order valence-electron chi connectivity index (χ3n) is 4.12. The summed E-state index contributed by atoms with van der Waals surface area (Å²) in [4.78, 5) is 0. The lowest BCUT2D eigenvalue weighted by molar-refractivity contribution is 0.295. The SMILES string of the molecule is COc1cc(/C=C(/CO)C2CCCCC2)cc(Cl)c1OC. The Morgan fingerprint density at radius 3 is 2.52 bits per heavy atom. The number of hydrogen-bond acceptors (Lipinski definition) is 3. The number of halogens is 1. The molecule has 0 atom stereocenters. The van der Waals surface area contributed by atoms with Gasteiger partial charge in [-0.15, -0.1) is 0 Å². The van der Waals surface area contributed by atoms with Gasteiger partial charge >= 0.3 is 0 Å². The molecule has 0 saturated heterocycles. The van der Waals surface area contributed by atoms with E-state index in [4.69, 9.17) is 21.1 Å². The number of methoxy groups -OCH3 is 2. The molecule has 3 nitrogen and oxygen atoms in total. The molecular formula is C17H23ClO3. The molecule has 1 aromatic carbocycles. The normalized spacial score (nSPS) is 16.9. The lowest BCUT2D eigenvalue weighted by Gasteiger charge is -2.23. The molecule has 4 heteroatoms. The maximum Gasteiger partial charge on any atom is 0.179 e. The molecule has 1 aliphatic carbocycles. The molecule has 0 bridgehead atoms. The van der Waals surface area contributed by atoms with Gasteiger partial charge in [0.25, 0.3) is 0 Å². The van der Waals surface area contributed by atoms with Crippen LogP contribution in [-0.2, 0) is 0 Å². The molecule has 1 saturated carbocycles. The maximum absolute atomic E-state index is 9.68. The van der Waals surface area contributed by atoms with Crippen molar-refractivity contribution in [2.75, 3.05) is 20.8 Å². The predicted octanol–water partition coefficient (Wildman–Crippen LogP) is 4.31. The van der Waals surface area contributed by atoms with Crippen LogP contribution < -0.4 is 9.47 Å². The Morgan fingerprint density at radius 1 is 1.24 bits per heavy atom. The highest BCUT2D eigenvalue weighted by molar-refractivity contribution is 6.32. The van der Waals surface area contributed by atoms with Crippen molar-refractivity contribution < 1.29 is 14.6 Å². The Bertz CT molecular complexity index is 505. The second-order valence-corrected chi connectivity index (χ2v) is 5.86. The summed E-state index contributed by atoms with van der Waals surface area (Å²) in [5, 5.41) is 10.2. The first-order chi connectivity index (χ1) is 10.2. The van der Waals surface area contributed by atoms with E-state index in [1.54, 1.807) is 14.2 Å². The molecule has 1 fully saturated rings. The lowest BCUT2D eigenvalue weighted by atomic mass is 9.83. The van der Waals surface area contributed by atoms with Crippen molar-refractivity contribution in [3.63, 3.8) is 0 Å². The van der Waals surface area contributed by atoms with Gasteiger partial charge in [0.2, 0.25) is 0 Å². The molecule has 0 spiro atoms. The minimum Gasteiger partial charge on any atom is -0.493 e. The zero-order valence-electron chi connectivity index (χ0n) is 12.7. The summed E-state index contributed by atoms with van der Waals surface area (Å²) in [5.74, 6) is 1.63. The van der Waals surface area contributed by atoms with Gasteiger partial charge in [-0.05, 0) is 42.0 Å². The first-order valence-corrected chi connectivity index (χ1v) is 7.80. The maximum atomic E-state index is 9.68. The van der Waals surface area contributed by atoms with Gasteiger partial charge in [-0.1, -0.05) is 36.9 Å². The van der Waals surface area contributed by atoms with Gasteiger partial charge in [0.15, 0.2) is 11.5 Å². The molecule has 0 amide bonds. The van der Waals surface area contributed by atoms with Crippen molar-refractivity contribution in [3.05, 3.63) is 28.3 Å². The summed E-state index contributed by atoms with van der Waals surface area (Å²) in [6.45, 7) is 0.0939. The fraction of sp³-hybridized carbons (Fsp3) is 0.529. The van der Waals surface area contributed by atoms with Gasteiger partial charge < -0.3 is 14.6 Å². The van der Waals surface area contributed by atoms with Crippen molar-refractivity contribution in [1.82, 2.24) is 0 Å². The summed E-state index contributed by atoms with van der Waals surface area (Å²) >= 11 is 6.23. The standard InChI is InChI=1S/C17H23ClO3/c1-20-16-10-12(9-15(18)17(16)21-2)8-14(11-19)13-6-4-3-5-7-13/h8-10,13,19H,3-7,11H2,1-2H3/b14-8-. The number of rotatable bonds is 5. The van der Waals surface area contributed by atoms with Gasteiger partial charge in [-0.2, -0.15) is 0 Å². The molecule has 21 heavy (non-hydrogen) atoms. The zero-order chi connectivity index (χ0) is 15.2. The molecule has 0 aliphatic heterocycles. The molecule has 1 aliphatic rings. The summed E-state index contributed by atoms with van der Waals surface area (Å²) in [6.07, 6.45) is 8.14. The van der Waals surface area contributed by atoms with Crippen LogP contribution in [0.3, 0.4) is 0 Å². The minimum absolute atomic E-state index is 0.0939. The summed E-state index contributed by atoms with van der Waals surface area (Å²) < 4.78 is 10.6. The fourth-order valence-corrected chi connectivity index (χ4v) is 3.30. The van der Waals surface area contributed by atoms with Crippen molar-refractivity contribution in [1.29, 1.82) is 0 Å². The van der Waals surface area contributed by atoms with Gasteiger partial charge in [-0.3, -0.25) is 0 Å². The number of aliphatic hydroxyl groups excluding tert-OH is 1. The van der Waals surface area contributed by atoms with Crippen LogP contribution in [-0.4, -0.2) is 25.9 Å². The molecule has 0 radical (unpaired) electrons. The fourth-order valence-electron chi connectivity index (χ4n) is 3.00. The third-order valence-corrected chi connectivity index (χ3v) is 4.40. The molecular weight excluding hydrogens is 288 g/mol. The highest BCUT2D eigenvalue weighted by atomic mass is 35.5. The topological polar surface area (TPSA) is 38.7 Å². The lowest BCUT2D eigenvalue weighted by Crippen LogP contribution is -2.11. The summed E-state index contributed by atoms with van der Waals surface area (Å²) in [5.41, 5.74) is 2.02. The number of aliphatic hydroxyl groups is 1. The van der Waals surface area contributed by atoms with Crippen LogP contribution >= 0.6 is 11.6 Å². The van der Waals surface area contributed by atoms with Gasteiger partial charge in [0, 0.05) is 0 Å². The van der Waals surface area contributed by atoms with Crippen LogP contribution in [0.5, 0.6) is 11.5 Å². The highest BCUT2D eigenvalue weighted by Crippen LogP contribution is 2.37. The van der Waals surface area contributed by atoms with E-state index in [9.17, 15) is 5.11 Å². The number of ether oxygens (including phenoxy) is 2. The number of hydrogen-bond donors (Lipinski definition) is 1. The van der Waals surface area contributed by atoms with E-state index in [1.807, 2.05) is 18.2 Å². The Kier molecular flexibility index (Phi) is 5.95. The summed E-state index contributed by atoms with van der Waals surface area (Å²) in [7, 11) is 3.16. The summed E-state index contributed by atoms with van der Waals surface area (Å²) in [6, 6.07) is 3.74. The van der Waals surface area contributed by atoms with E-state index in [0.29, 0.717) is 22.4 Å². The minimum atomic E-state index is 0.0939. The largest absolute Gasteiger partial charge is 0.493 e. The van der Waals surface area contributed by atoms with E-state index in [-0.39, 0.29) is 6.61 Å². The monoisotopic (exact) mass is 310 g/mol. The van der Waals surface area contributed by atoms with Gasteiger partial charge in [0.1, 0.15) is 0 Å². The van der Waals surface area contributed by atoms with E-state index in [2.05, 4.69) is 0 Å². The average molecular weight is 311 g/mol. The van der Waals surface area contributed by atoms with Crippen molar-refractivity contribution >= 4 is 17.7 Å². The van der Waals surface area contributed by atoms with Crippen molar-refractivity contribution in [3.8, 4) is 11.5 Å². The smallest absolute Gasteiger partial charge is 0.179 e. The van der Waals surface area contributed by atoms with Crippen molar-refractivity contribution in [2.45, 2.75) is 32.1 Å². The molecule has 2 rings (SSSR count). The molecule has 1 aromatic rings. The van der Waals surface area contributed by atoms with E-state index in [0.717, 1.165) is 24.0 Å².